The molecule has 0 spiro atoms. The van der Waals surface area contributed by atoms with Gasteiger partial charge in [-0.25, -0.2) is 4.79 Å². The molecular weight excluding hydrogens is 380 g/mol. The van der Waals surface area contributed by atoms with Crippen molar-refractivity contribution in [2.75, 3.05) is 25.0 Å². The summed E-state index contributed by atoms with van der Waals surface area (Å²) < 4.78 is 4.75. The lowest BCUT2D eigenvalue weighted by Gasteiger charge is -2.27. The van der Waals surface area contributed by atoms with E-state index in [1.165, 1.54) is 30.3 Å². The van der Waals surface area contributed by atoms with Crippen molar-refractivity contribution in [3.05, 3.63) is 29.8 Å². The maximum atomic E-state index is 12.3. The Morgan fingerprint density at radius 3 is 2.86 bits per heavy atom. The van der Waals surface area contributed by atoms with Gasteiger partial charge in [-0.05, 0) is 37.5 Å². The van der Waals surface area contributed by atoms with Gasteiger partial charge < -0.3 is 15.0 Å². The summed E-state index contributed by atoms with van der Waals surface area (Å²) in [4.78, 5) is 42.5. The molecule has 0 radical (unpaired) electrons. The maximum Gasteiger partial charge on any atom is 0.339 e. The van der Waals surface area contributed by atoms with Gasteiger partial charge >= 0.3 is 5.97 Å². The highest BCUT2D eigenvalue weighted by molar-refractivity contribution is 8.15. The number of nitrogens with one attached hydrogen (secondary N) is 1. The lowest BCUT2D eigenvalue weighted by Crippen LogP contribution is -2.33. The summed E-state index contributed by atoms with van der Waals surface area (Å²) in [6.45, 7) is 1.45. The molecule has 28 heavy (non-hydrogen) atoms. The SMILES string of the molecule is N#CCOC(=O)c1cccc(NC(=O)CC2SC(N3CCCCC3)=NC2=O)c1. The van der Waals surface area contributed by atoms with Crippen LogP contribution in [0.5, 0.6) is 0 Å². The van der Waals surface area contributed by atoms with E-state index in [1.54, 1.807) is 18.2 Å². The van der Waals surface area contributed by atoms with Crippen LogP contribution < -0.4 is 5.32 Å². The number of benzene rings is 1. The molecule has 2 aliphatic rings. The number of rotatable bonds is 5. The Kier molecular flexibility index (Phi) is 6.66. The van der Waals surface area contributed by atoms with Gasteiger partial charge in [0.05, 0.1) is 5.56 Å². The van der Waals surface area contributed by atoms with Crippen LogP contribution in [0.2, 0.25) is 0 Å². The number of anilines is 1. The molecule has 0 saturated carbocycles. The molecule has 9 heteroatoms. The molecule has 0 aromatic heterocycles. The minimum atomic E-state index is -0.640. The van der Waals surface area contributed by atoms with Gasteiger partial charge in [0.15, 0.2) is 11.8 Å². The first-order chi connectivity index (χ1) is 13.6. The number of ether oxygens (including phenoxy) is 1. The summed E-state index contributed by atoms with van der Waals surface area (Å²) in [6.07, 6.45) is 3.38. The van der Waals surface area contributed by atoms with Crippen LogP contribution in [0.1, 0.15) is 36.0 Å². The second-order valence-corrected chi connectivity index (χ2v) is 7.62. The summed E-state index contributed by atoms with van der Waals surface area (Å²) in [6, 6.07) is 7.97. The highest BCUT2D eigenvalue weighted by Gasteiger charge is 2.33. The summed E-state index contributed by atoms with van der Waals surface area (Å²) in [5.74, 6) is -1.25. The Bertz CT molecular complexity index is 843. The number of piperidine rings is 1. The largest absolute Gasteiger partial charge is 0.447 e. The molecule has 1 unspecified atom stereocenters. The van der Waals surface area contributed by atoms with Gasteiger partial charge in [0.2, 0.25) is 5.91 Å². The fourth-order valence-corrected chi connectivity index (χ4v) is 4.13. The predicted molar refractivity (Wildman–Crippen MR) is 105 cm³/mol. The number of nitriles is 1. The number of carbonyl (C=O) groups excluding carboxylic acids is 3. The van der Waals surface area contributed by atoms with Gasteiger partial charge in [0.1, 0.15) is 11.3 Å². The van der Waals surface area contributed by atoms with Crippen LogP contribution in [0, 0.1) is 11.3 Å². The van der Waals surface area contributed by atoms with Crippen molar-refractivity contribution in [2.24, 2.45) is 4.99 Å². The van der Waals surface area contributed by atoms with E-state index < -0.39 is 11.2 Å². The molecule has 2 aliphatic heterocycles. The van der Waals surface area contributed by atoms with Crippen LogP contribution >= 0.6 is 11.8 Å². The molecule has 0 bridgehead atoms. The average molecular weight is 400 g/mol. The second kappa shape index (κ2) is 9.37. The Morgan fingerprint density at radius 2 is 2.11 bits per heavy atom. The second-order valence-electron chi connectivity index (χ2n) is 6.45. The molecule has 1 aromatic carbocycles. The Labute approximate surface area is 166 Å². The van der Waals surface area contributed by atoms with Crippen molar-refractivity contribution in [3.63, 3.8) is 0 Å². The molecule has 1 N–H and O–H groups in total. The van der Waals surface area contributed by atoms with Crippen molar-refractivity contribution in [2.45, 2.75) is 30.9 Å². The van der Waals surface area contributed by atoms with Crippen molar-refractivity contribution in [1.82, 2.24) is 4.90 Å². The lowest BCUT2D eigenvalue weighted by atomic mass is 10.1. The van der Waals surface area contributed by atoms with E-state index in [2.05, 4.69) is 15.2 Å². The maximum absolute atomic E-state index is 12.3. The minimum Gasteiger partial charge on any atom is -0.447 e. The number of nitrogens with zero attached hydrogens (tertiary/aromatic N) is 3. The summed E-state index contributed by atoms with van der Waals surface area (Å²) >= 11 is 1.34. The van der Waals surface area contributed by atoms with Gasteiger partial charge in [0, 0.05) is 25.2 Å². The van der Waals surface area contributed by atoms with Gasteiger partial charge in [-0.1, -0.05) is 17.8 Å². The molecule has 2 heterocycles. The first kappa shape index (κ1) is 19.9. The highest BCUT2D eigenvalue weighted by atomic mass is 32.2. The first-order valence-electron chi connectivity index (χ1n) is 9.05. The van der Waals surface area contributed by atoms with E-state index in [1.807, 2.05) is 0 Å². The van der Waals surface area contributed by atoms with Crippen LogP contribution in [0.4, 0.5) is 5.69 Å². The van der Waals surface area contributed by atoms with E-state index in [4.69, 9.17) is 10.00 Å². The van der Waals surface area contributed by atoms with Crippen LogP contribution in [-0.2, 0) is 14.3 Å². The third kappa shape index (κ3) is 5.10. The van der Waals surface area contributed by atoms with Crippen LogP contribution in [0.15, 0.2) is 29.3 Å². The van der Waals surface area contributed by atoms with Crippen LogP contribution in [0.25, 0.3) is 0 Å². The van der Waals surface area contributed by atoms with Crippen LogP contribution in [0.3, 0.4) is 0 Å². The van der Waals surface area contributed by atoms with E-state index in [-0.39, 0.29) is 30.4 Å². The topological polar surface area (TPSA) is 112 Å². The van der Waals surface area contributed by atoms with E-state index >= 15 is 0 Å². The van der Waals surface area contributed by atoms with E-state index in [0.29, 0.717) is 10.9 Å². The molecule has 1 atom stereocenters. The summed E-state index contributed by atoms with van der Waals surface area (Å²) in [5.41, 5.74) is 0.652. The number of amidine groups is 1. The predicted octanol–water partition coefficient (Wildman–Crippen LogP) is 2.18. The van der Waals surface area contributed by atoms with Crippen molar-refractivity contribution in [1.29, 1.82) is 5.26 Å². The molecule has 1 fully saturated rings. The third-order valence-electron chi connectivity index (χ3n) is 4.38. The monoisotopic (exact) mass is 400 g/mol. The summed E-state index contributed by atoms with van der Waals surface area (Å²) in [5, 5.41) is 11.3. The van der Waals surface area contributed by atoms with E-state index in [9.17, 15) is 14.4 Å². The third-order valence-corrected chi connectivity index (χ3v) is 5.59. The minimum absolute atomic E-state index is 0.00739. The van der Waals surface area contributed by atoms with Crippen molar-refractivity contribution >= 4 is 40.4 Å². The van der Waals surface area contributed by atoms with Gasteiger partial charge in [-0.15, -0.1) is 0 Å². The zero-order valence-electron chi connectivity index (χ0n) is 15.2. The lowest BCUT2D eigenvalue weighted by molar-refractivity contribution is -0.121. The number of hydrogen-bond donors (Lipinski definition) is 1. The number of carbonyl (C=O) groups is 3. The molecular formula is C19H20N4O4S. The quantitative estimate of drug-likeness (QED) is 0.754. The number of likely N-dealkylation sites (tertiary alicyclic amines) is 1. The Balaban J connectivity index is 1.54. The normalized spacial score (nSPS) is 19.0. The number of thioether (sulfide) groups is 1. The fourth-order valence-electron chi connectivity index (χ4n) is 3.02. The van der Waals surface area contributed by atoms with Gasteiger partial charge in [-0.3, -0.25) is 9.59 Å². The molecule has 3 rings (SSSR count). The first-order valence-corrected chi connectivity index (χ1v) is 9.93. The van der Waals surface area contributed by atoms with Gasteiger partial charge in [0.25, 0.3) is 5.91 Å². The van der Waals surface area contributed by atoms with Gasteiger partial charge in [-0.2, -0.15) is 10.3 Å². The average Bonchev–Trinajstić information content (AvgIpc) is 3.07. The Morgan fingerprint density at radius 1 is 1.32 bits per heavy atom. The fraction of sp³-hybridized carbons (Fsp3) is 0.421. The van der Waals surface area contributed by atoms with Crippen molar-refractivity contribution in [3.8, 4) is 6.07 Å². The number of esters is 1. The number of amides is 2. The molecule has 1 saturated heterocycles. The molecule has 146 valence electrons. The van der Waals surface area contributed by atoms with Crippen LogP contribution in [-0.4, -0.2) is 52.8 Å². The van der Waals surface area contributed by atoms with Crippen molar-refractivity contribution < 1.29 is 19.1 Å². The Hall–Kier alpha value is -2.86. The molecule has 8 nitrogen and oxygen atoms in total. The summed E-state index contributed by atoms with van der Waals surface area (Å²) in [7, 11) is 0. The molecule has 0 aliphatic carbocycles. The zero-order valence-corrected chi connectivity index (χ0v) is 16.0. The zero-order chi connectivity index (χ0) is 19.9. The molecule has 1 aromatic rings. The smallest absolute Gasteiger partial charge is 0.339 e. The van der Waals surface area contributed by atoms with E-state index in [0.717, 1.165) is 25.9 Å². The number of hydrogen-bond acceptors (Lipinski definition) is 7. The number of aliphatic imine (C=N–C) groups is 1. The highest BCUT2D eigenvalue weighted by Crippen LogP contribution is 2.29. The standard InChI is InChI=1S/C19H20N4O4S/c20-7-10-27-18(26)13-5-4-6-14(11-13)21-16(24)12-15-17(25)22-19(28-15)23-8-2-1-3-9-23/h4-6,11,15H,1-3,8-10,12H2,(H,21,24). The molecule has 2 amide bonds.